The van der Waals surface area contributed by atoms with E-state index in [-0.39, 0.29) is 12.4 Å². The van der Waals surface area contributed by atoms with Crippen LogP contribution in [0, 0.1) is 5.92 Å². The van der Waals surface area contributed by atoms with Crippen molar-refractivity contribution in [2.24, 2.45) is 5.92 Å². The van der Waals surface area contributed by atoms with Gasteiger partial charge in [-0.1, -0.05) is 36.6 Å². The zero-order chi connectivity index (χ0) is 13.2. The number of halogens is 2. The van der Waals surface area contributed by atoms with E-state index < -0.39 is 17.5 Å². The number of carboxylic acid groups (broad SMARTS) is 1. The molecule has 0 aromatic heterocycles. The van der Waals surface area contributed by atoms with E-state index in [1.54, 1.807) is 12.1 Å². The molecule has 2 unspecified atom stereocenters. The summed E-state index contributed by atoms with van der Waals surface area (Å²) < 4.78 is 0. The lowest BCUT2D eigenvalue weighted by Gasteiger charge is -2.37. The highest BCUT2D eigenvalue weighted by Crippen LogP contribution is 2.36. The fourth-order valence-electron chi connectivity index (χ4n) is 2.74. The molecule has 0 bridgehead atoms. The highest BCUT2D eigenvalue weighted by molar-refractivity contribution is 6.30. The van der Waals surface area contributed by atoms with Crippen molar-refractivity contribution < 1.29 is 15.0 Å². The van der Waals surface area contributed by atoms with Crippen LogP contribution in [0.5, 0.6) is 0 Å². The molecule has 19 heavy (non-hydrogen) atoms. The molecule has 1 fully saturated rings. The molecule has 1 aromatic rings. The van der Waals surface area contributed by atoms with Crippen molar-refractivity contribution in [3.05, 3.63) is 34.9 Å². The van der Waals surface area contributed by atoms with E-state index >= 15 is 0 Å². The van der Waals surface area contributed by atoms with Crippen LogP contribution in [0.1, 0.15) is 31.2 Å². The lowest BCUT2D eigenvalue weighted by atomic mass is 9.72. The molecule has 1 aliphatic rings. The molecule has 0 heterocycles. The molecular formula is C14H18Cl2O3. The predicted octanol–water partition coefficient (Wildman–Crippen LogP) is 3.31. The molecule has 0 saturated heterocycles. The van der Waals surface area contributed by atoms with E-state index in [0.717, 1.165) is 18.4 Å². The van der Waals surface area contributed by atoms with Gasteiger partial charge in [-0.05, 0) is 30.5 Å². The van der Waals surface area contributed by atoms with Crippen molar-refractivity contribution in [2.75, 3.05) is 0 Å². The fraction of sp³-hybridized carbons (Fsp3) is 0.500. The van der Waals surface area contributed by atoms with E-state index in [9.17, 15) is 15.0 Å². The summed E-state index contributed by atoms with van der Waals surface area (Å²) in [6.07, 6.45) is 3.24. The fourth-order valence-corrected chi connectivity index (χ4v) is 2.87. The summed E-state index contributed by atoms with van der Waals surface area (Å²) >= 11 is 5.81. The molecule has 5 heteroatoms. The van der Waals surface area contributed by atoms with Gasteiger partial charge in [-0.15, -0.1) is 12.4 Å². The van der Waals surface area contributed by atoms with Gasteiger partial charge in [0.2, 0.25) is 0 Å². The van der Waals surface area contributed by atoms with Gasteiger partial charge >= 0.3 is 5.97 Å². The zero-order valence-electron chi connectivity index (χ0n) is 10.5. The second-order valence-electron chi connectivity index (χ2n) is 5.04. The topological polar surface area (TPSA) is 57.5 Å². The Morgan fingerprint density at radius 1 is 1.32 bits per heavy atom. The van der Waals surface area contributed by atoms with Gasteiger partial charge in [0.25, 0.3) is 0 Å². The average molecular weight is 305 g/mol. The van der Waals surface area contributed by atoms with Crippen LogP contribution in [-0.2, 0) is 11.2 Å². The Balaban J connectivity index is 0.00000180. The summed E-state index contributed by atoms with van der Waals surface area (Å²) in [6, 6.07) is 7.21. The minimum Gasteiger partial charge on any atom is -0.481 e. The van der Waals surface area contributed by atoms with E-state index in [2.05, 4.69) is 0 Å². The van der Waals surface area contributed by atoms with Gasteiger partial charge in [0.15, 0.2) is 0 Å². The van der Waals surface area contributed by atoms with Crippen LogP contribution < -0.4 is 0 Å². The first-order valence-corrected chi connectivity index (χ1v) is 6.59. The van der Waals surface area contributed by atoms with Gasteiger partial charge in [-0.2, -0.15) is 0 Å². The molecule has 106 valence electrons. The molecule has 1 saturated carbocycles. The molecule has 2 rings (SSSR count). The normalized spacial score (nSPS) is 26.5. The van der Waals surface area contributed by atoms with Gasteiger partial charge < -0.3 is 10.2 Å². The molecule has 3 nitrogen and oxygen atoms in total. The van der Waals surface area contributed by atoms with Crippen LogP contribution in [0.2, 0.25) is 5.02 Å². The van der Waals surface area contributed by atoms with Crippen molar-refractivity contribution >= 4 is 30.0 Å². The molecule has 2 N–H and O–H groups in total. The van der Waals surface area contributed by atoms with Crippen molar-refractivity contribution in [1.82, 2.24) is 0 Å². The second-order valence-corrected chi connectivity index (χ2v) is 5.48. The maximum absolute atomic E-state index is 11.2. The summed E-state index contributed by atoms with van der Waals surface area (Å²) in [4.78, 5) is 11.2. The van der Waals surface area contributed by atoms with E-state index in [4.69, 9.17) is 11.6 Å². The molecular weight excluding hydrogens is 287 g/mol. The third kappa shape index (κ3) is 3.85. The largest absolute Gasteiger partial charge is 0.481 e. The van der Waals surface area contributed by atoms with Crippen LogP contribution in [0.15, 0.2) is 24.3 Å². The quantitative estimate of drug-likeness (QED) is 0.900. The van der Waals surface area contributed by atoms with E-state index in [0.29, 0.717) is 24.3 Å². The average Bonchev–Trinajstić information content (AvgIpc) is 2.32. The van der Waals surface area contributed by atoms with Crippen molar-refractivity contribution in [2.45, 2.75) is 37.7 Å². The lowest BCUT2D eigenvalue weighted by molar-refractivity contribution is -0.155. The SMILES string of the molecule is Cl.O=C(O)C1CCCCC1(O)Cc1ccc(Cl)cc1. The van der Waals surface area contributed by atoms with Crippen molar-refractivity contribution in [1.29, 1.82) is 0 Å². The maximum Gasteiger partial charge on any atom is 0.309 e. The minimum absolute atomic E-state index is 0. The number of aliphatic hydroxyl groups is 1. The summed E-state index contributed by atoms with van der Waals surface area (Å²) in [6.45, 7) is 0. The Bertz CT molecular complexity index is 433. The van der Waals surface area contributed by atoms with Crippen LogP contribution in [0.25, 0.3) is 0 Å². The lowest BCUT2D eigenvalue weighted by Crippen LogP contribution is -2.46. The predicted molar refractivity (Wildman–Crippen MR) is 76.9 cm³/mol. The van der Waals surface area contributed by atoms with Crippen LogP contribution in [-0.4, -0.2) is 21.8 Å². The summed E-state index contributed by atoms with van der Waals surface area (Å²) in [7, 11) is 0. The molecule has 2 atom stereocenters. The third-order valence-corrected chi connectivity index (χ3v) is 3.97. The first kappa shape index (κ1) is 16.3. The van der Waals surface area contributed by atoms with Gasteiger partial charge in [0, 0.05) is 11.4 Å². The van der Waals surface area contributed by atoms with Gasteiger partial charge in [-0.25, -0.2) is 0 Å². The van der Waals surface area contributed by atoms with Gasteiger partial charge in [0.1, 0.15) is 0 Å². The molecule has 0 radical (unpaired) electrons. The highest BCUT2D eigenvalue weighted by atomic mass is 35.5. The second kappa shape index (κ2) is 6.60. The molecule has 1 aromatic carbocycles. The standard InChI is InChI=1S/C14H17ClO3.ClH/c15-11-6-4-10(5-7-11)9-14(18)8-2-1-3-12(14)13(16)17;/h4-7,12,18H,1-3,8-9H2,(H,16,17);1H. The Morgan fingerprint density at radius 3 is 2.53 bits per heavy atom. The van der Waals surface area contributed by atoms with Crippen molar-refractivity contribution in [3.8, 4) is 0 Å². The number of hydrogen-bond donors (Lipinski definition) is 2. The monoisotopic (exact) mass is 304 g/mol. The Kier molecular flexibility index (Phi) is 5.65. The van der Waals surface area contributed by atoms with Gasteiger partial charge in [0.05, 0.1) is 11.5 Å². The Morgan fingerprint density at radius 2 is 1.95 bits per heavy atom. The first-order valence-electron chi connectivity index (χ1n) is 6.21. The van der Waals surface area contributed by atoms with E-state index in [1.165, 1.54) is 0 Å². The van der Waals surface area contributed by atoms with Crippen LogP contribution in [0.4, 0.5) is 0 Å². The molecule has 1 aliphatic carbocycles. The number of rotatable bonds is 3. The smallest absolute Gasteiger partial charge is 0.309 e. The number of carbonyl (C=O) groups is 1. The van der Waals surface area contributed by atoms with Crippen LogP contribution in [0.3, 0.4) is 0 Å². The number of aliphatic carboxylic acids is 1. The Labute approximate surface area is 124 Å². The maximum atomic E-state index is 11.2. The molecule has 0 aliphatic heterocycles. The number of carboxylic acids is 1. The number of hydrogen-bond acceptors (Lipinski definition) is 2. The summed E-state index contributed by atoms with van der Waals surface area (Å²) in [5.41, 5.74) is -0.201. The zero-order valence-corrected chi connectivity index (χ0v) is 12.1. The highest BCUT2D eigenvalue weighted by Gasteiger charge is 2.43. The third-order valence-electron chi connectivity index (χ3n) is 3.72. The molecule has 0 spiro atoms. The minimum atomic E-state index is -1.13. The first-order chi connectivity index (χ1) is 8.51. The van der Waals surface area contributed by atoms with E-state index in [1.807, 2.05) is 12.1 Å². The van der Waals surface area contributed by atoms with Crippen LogP contribution >= 0.6 is 24.0 Å². The van der Waals surface area contributed by atoms with Gasteiger partial charge in [-0.3, -0.25) is 4.79 Å². The summed E-state index contributed by atoms with van der Waals surface area (Å²) in [5.74, 6) is -1.56. The molecule has 0 amide bonds. The Hall–Kier alpha value is -0.770. The summed E-state index contributed by atoms with van der Waals surface area (Å²) in [5, 5.41) is 20.5. The number of benzene rings is 1. The van der Waals surface area contributed by atoms with Crippen molar-refractivity contribution in [3.63, 3.8) is 0 Å².